The lowest BCUT2D eigenvalue weighted by Gasteiger charge is -2.02. The van der Waals surface area contributed by atoms with Gasteiger partial charge in [0.1, 0.15) is 5.75 Å². The van der Waals surface area contributed by atoms with Crippen LogP contribution in [0.15, 0.2) is 35.8 Å². The number of aromatic nitrogens is 1. The molecule has 1 heterocycles. The van der Waals surface area contributed by atoms with Crippen LogP contribution in [-0.4, -0.2) is 12.0 Å². The summed E-state index contributed by atoms with van der Waals surface area (Å²) in [7, 11) is 1.89. The van der Waals surface area contributed by atoms with Gasteiger partial charge in [-0.05, 0) is 24.3 Å². The van der Waals surface area contributed by atoms with E-state index in [0.717, 1.165) is 11.4 Å². The fraction of sp³-hybridized carbons (Fsp3) is 0.100. The molecule has 2 rings (SSSR count). The van der Waals surface area contributed by atoms with Gasteiger partial charge in [0.2, 0.25) is 0 Å². The molecular formula is C10H10N2OS. The maximum absolute atomic E-state index is 5.50. The second-order valence-electron chi connectivity index (χ2n) is 2.67. The Bertz CT molecular complexity index is 383. The van der Waals surface area contributed by atoms with E-state index >= 15 is 0 Å². The normalized spacial score (nSPS) is 9.79. The van der Waals surface area contributed by atoms with Crippen LogP contribution in [0.3, 0.4) is 0 Å². The summed E-state index contributed by atoms with van der Waals surface area (Å²) in [5.41, 5.74) is 1.07. The molecule has 0 bridgehead atoms. The second-order valence-corrected chi connectivity index (χ2v) is 3.53. The van der Waals surface area contributed by atoms with E-state index < -0.39 is 0 Å². The lowest BCUT2D eigenvalue weighted by Crippen LogP contribution is -1.87. The van der Waals surface area contributed by atoms with Crippen LogP contribution in [0.2, 0.25) is 0 Å². The van der Waals surface area contributed by atoms with Crippen molar-refractivity contribution in [2.75, 3.05) is 12.4 Å². The fourth-order valence-corrected chi connectivity index (χ4v) is 1.56. The van der Waals surface area contributed by atoms with Crippen molar-refractivity contribution >= 4 is 17.0 Å². The minimum absolute atomic E-state index is 0.669. The first-order valence-corrected chi connectivity index (χ1v) is 5.11. The molecule has 0 saturated carbocycles. The van der Waals surface area contributed by atoms with Crippen molar-refractivity contribution < 1.29 is 4.74 Å². The third-order valence-corrected chi connectivity index (χ3v) is 2.41. The zero-order chi connectivity index (χ0) is 9.80. The van der Waals surface area contributed by atoms with Crippen LogP contribution in [0.1, 0.15) is 0 Å². The van der Waals surface area contributed by atoms with Crippen LogP contribution in [0.4, 0.5) is 5.69 Å². The Hall–Kier alpha value is -1.55. The van der Waals surface area contributed by atoms with Gasteiger partial charge >= 0.3 is 0 Å². The molecule has 14 heavy (non-hydrogen) atoms. The molecule has 1 N–H and O–H groups in total. The smallest absolute Gasteiger partial charge is 0.278 e. The van der Waals surface area contributed by atoms with Gasteiger partial charge in [-0.25, -0.2) is 4.98 Å². The van der Waals surface area contributed by atoms with E-state index in [1.54, 1.807) is 6.20 Å². The maximum Gasteiger partial charge on any atom is 0.278 e. The van der Waals surface area contributed by atoms with Crippen LogP contribution in [0.5, 0.6) is 10.9 Å². The van der Waals surface area contributed by atoms with E-state index in [1.165, 1.54) is 11.3 Å². The molecule has 0 aliphatic carbocycles. The summed E-state index contributed by atoms with van der Waals surface area (Å²) in [4.78, 5) is 4.03. The summed E-state index contributed by atoms with van der Waals surface area (Å²) >= 11 is 1.48. The number of ether oxygens (including phenoxy) is 1. The molecule has 72 valence electrons. The molecule has 0 spiro atoms. The fourth-order valence-electron chi connectivity index (χ4n) is 1.05. The van der Waals surface area contributed by atoms with Crippen LogP contribution in [0.25, 0.3) is 0 Å². The highest BCUT2D eigenvalue weighted by Crippen LogP contribution is 2.24. The molecule has 1 aromatic heterocycles. The summed E-state index contributed by atoms with van der Waals surface area (Å²) in [5, 5.41) is 5.60. The summed E-state index contributed by atoms with van der Waals surface area (Å²) in [6.07, 6.45) is 1.72. The molecule has 2 aromatic rings. The Morgan fingerprint density at radius 1 is 1.29 bits per heavy atom. The summed E-state index contributed by atoms with van der Waals surface area (Å²) in [6.45, 7) is 0. The predicted molar refractivity (Wildman–Crippen MR) is 58.2 cm³/mol. The number of benzene rings is 1. The van der Waals surface area contributed by atoms with Gasteiger partial charge in [-0.15, -0.1) is 0 Å². The van der Waals surface area contributed by atoms with Crippen LogP contribution in [0, 0.1) is 0 Å². The summed E-state index contributed by atoms with van der Waals surface area (Å²) < 4.78 is 5.50. The number of nitrogens with one attached hydrogen (secondary N) is 1. The largest absolute Gasteiger partial charge is 0.431 e. The Morgan fingerprint density at radius 2 is 2.07 bits per heavy atom. The number of anilines is 1. The number of thiazole rings is 1. The molecule has 4 heteroatoms. The van der Waals surface area contributed by atoms with Crippen molar-refractivity contribution in [2.45, 2.75) is 0 Å². The topological polar surface area (TPSA) is 34.1 Å². The van der Waals surface area contributed by atoms with Gasteiger partial charge in [0.25, 0.3) is 5.19 Å². The highest BCUT2D eigenvalue weighted by Gasteiger charge is 1.98. The van der Waals surface area contributed by atoms with Crippen LogP contribution < -0.4 is 10.1 Å². The minimum Gasteiger partial charge on any atom is -0.431 e. The molecule has 0 aliphatic rings. The standard InChI is InChI=1S/C10H10N2OS/c1-11-8-2-4-9(5-3-8)13-10-12-6-7-14-10/h2-7,11H,1H3. The Labute approximate surface area is 86.4 Å². The molecular weight excluding hydrogens is 196 g/mol. The van der Waals surface area contributed by atoms with Crippen molar-refractivity contribution in [3.8, 4) is 10.9 Å². The summed E-state index contributed by atoms with van der Waals surface area (Å²) in [6, 6.07) is 7.74. The zero-order valence-electron chi connectivity index (χ0n) is 7.73. The highest BCUT2D eigenvalue weighted by atomic mass is 32.1. The van der Waals surface area contributed by atoms with Crippen molar-refractivity contribution in [3.05, 3.63) is 35.8 Å². The number of hydrogen-bond donors (Lipinski definition) is 1. The third kappa shape index (κ3) is 2.03. The van der Waals surface area contributed by atoms with Gasteiger partial charge in [-0.2, -0.15) is 0 Å². The van der Waals surface area contributed by atoms with Crippen molar-refractivity contribution in [3.63, 3.8) is 0 Å². The van der Waals surface area contributed by atoms with Gasteiger partial charge in [-0.1, -0.05) is 11.3 Å². The quantitative estimate of drug-likeness (QED) is 0.838. The molecule has 0 aliphatic heterocycles. The molecule has 0 saturated heterocycles. The van der Waals surface area contributed by atoms with E-state index in [4.69, 9.17) is 4.74 Å². The average molecular weight is 206 g/mol. The number of nitrogens with zero attached hydrogens (tertiary/aromatic N) is 1. The van der Waals surface area contributed by atoms with Crippen LogP contribution in [-0.2, 0) is 0 Å². The van der Waals surface area contributed by atoms with E-state index in [2.05, 4.69) is 10.3 Å². The lowest BCUT2D eigenvalue weighted by atomic mass is 10.3. The Kier molecular flexibility index (Phi) is 2.65. The van der Waals surface area contributed by atoms with E-state index in [0.29, 0.717) is 5.19 Å². The zero-order valence-corrected chi connectivity index (χ0v) is 8.54. The molecule has 0 atom stereocenters. The van der Waals surface area contributed by atoms with Gasteiger partial charge in [-0.3, -0.25) is 0 Å². The van der Waals surface area contributed by atoms with Crippen molar-refractivity contribution in [1.82, 2.24) is 4.98 Å². The van der Waals surface area contributed by atoms with E-state index in [-0.39, 0.29) is 0 Å². The van der Waals surface area contributed by atoms with Gasteiger partial charge in [0, 0.05) is 24.3 Å². The van der Waals surface area contributed by atoms with Gasteiger partial charge in [0.05, 0.1) is 0 Å². The lowest BCUT2D eigenvalue weighted by molar-refractivity contribution is 0.479. The highest BCUT2D eigenvalue weighted by molar-refractivity contribution is 7.11. The first-order valence-electron chi connectivity index (χ1n) is 4.23. The number of hydrogen-bond acceptors (Lipinski definition) is 4. The maximum atomic E-state index is 5.50. The second kappa shape index (κ2) is 4.11. The van der Waals surface area contributed by atoms with E-state index in [1.807, 2.05) is 36.7 Å². The Balaban J connectivity index is 2.10. The van der Waals surface area contributed by atoms with Crippen molar-refractivity contribution in [2.24, 2.45) is 0 Å². The minimum atomic E-state index is 0.669. The summed E-state index contributed by atoms with van der Waals surface area (Å²) in [5.74, 6) is 0.805. The first-order chi connectivity index (χ1) is 6.88. The molecule has 0 fully saturated rings. The van der Waals surface area contributed by atoms with E-state index in [9.17, 15) is 0 Å². The molecule has 0 amide bonds. The van der Waals surface area contributed by atoms with Crippen LogP contribution >= 0.6 is 11.3 Å². The Morgan fingerprint density at radius 3 is 2.64 bits per heavy atom. The van der Waals surface area contributed by atoms with Crippen molar-refractivity contribution in [1.29, 1.82) is 0 Å². The SMILES string of the molecule is CNc1ccc(Oc2nccs2)cc1. The molecule has 0 unspecified atom stereocenters. The average Bonchev–Trinajstić information content (AvgIpc) is 2.72. The first kappa shape index (κ1) is 9.02. The monoisotopic (exact) mass is 206 g/mol. The predicted octanol–water partition coefficient (Wildman–Crippen LogP) is 2.98. The molecule has 3 nitrogen and oxygen atoms in total. The number of rotatable bonds is 3. The molecule has 0 radical (unpaired) electrons. The third-order valence-electron chi connectivity index (χ3n) is 1.76. The molecule has 1 aromatic carbocycles. The van der Waals surface area contributed by atoms with Gasteiger partial charge < -0.3 is 10.1 Å². The van der Waals surface area contributed by atoms with Gasteiger partial charge in [0.15, 0.2) is 0 Å².